The molecule has 0 fully saturated rings. The summed E-state index contributed by atoms with van der Waals surface area (Å²) in [5, 5.41) is 3.04. The van der Waals surface area contributed by atoms with Crippen LogP contribution in [-0.4, -0.2) is 50.0 Å². The predicted octanol–water partition coefficient (Wildman–Crippen LogP) is 5.39. The first-order valence-corrected chi connectivity index (χ1v) is 16.0. The van der Waals surface area contributed by atoms with Crippen molar-refractivity contribution in [2.75, 3.05) is 17.1 Å². The Kier molecular flexibility index (Phi) is 10.9. The van der Waals surface area contributed by atoms with Crippen LogP contribution in [-0.2, 0) is 32.6 Å². The van der Waals surface area contributed by atoms with Crippen molar-refractivity contribution in [1.29, 1.82) is 0 Å². The first-order valence-electron chi connectivity index (χ1n) is 13.3. The molecule has 40 heavy (non-hydrogen) atoms. The maximum Gasteiger partial charge on any atom is 0.244 e. The van der Waals surface area contributed by atoms with E-state index in [9.17, 15) is 18.0 Å². The molecular weight excluding hydrogens is 590 g/mol. The Bertz CT molecular complexity index is 1410. The predicted molar refractivity (Wildman–Crippen MR) is 165 cm³/mol. The van der Waals surface area contributed by atoms with Crippen molar-refractivity contribution in [3.63, 3.8) is 0 Å². The minimum atomic E-state index is -3.80. The van der Waals surface area contributed by atoms with Crippen molar-refractivity contribution < 1.29 is 18.0 Å². The third kappa shape index (κ3) is 8.66. The van der Waals surface area contributed by atoms with Gasteiger partial charge in [0.15, 0.2) is 0 Å². The van der Waals surface area contributed by atoms with Crippen molar-refractivity contribution in [3.8, 4) is 0 Å². The minimum absolute atomic E-state index is 0.0848. The number of benzene rings is 3. The number of halogens is 1. The number of amides is 2. The van der Waals surface area contributed by atoms with Gasteiger partial charge in [-0.1, -0.05) is 71.4 Å². The lowest BCUT2D eigenvalue weighted by Gasteiger charge is -2.34. The number of aryl methyl sites for hydroxylation is 2. The normalized spacial score (nSPS) is 12.8. The summed E-state index contributed by atoms with van der Waals surface area (Å²) in [6, 6.07) is 21.4. The molecule has 0 saturated carbocycles. The van der Waals surface area contributed by atoms with Gasteiger partial charge in [0.25, 0.3) is 0 Å². The second-order valence-electron chi connectivity index (χ2n) is 10.2. The average Bonchev–Trinajstić information content (AvgIpc) is 2.91. The van der Waals surface area contributed by atoms with Crippen molar-refractivity contribution in [2.24, 2.45) is 0 Å². The number of nitrogens with zero attached hydrogens (tertiary/aromatic N) is 2. The zero-order chi connectivity index (χ0) is 29.4. The molecule has 0 spiro atoms. The van der Waals surface area contributed by atoms with Crippen molar-refractivity contribution in [1.82, 2.24) is 10.2 Å². The van der Waals surface area contributed by atoms with E-state index < -0.39 is 28.5 Å². The van der Waals surface area contributed by atoms with E-state index in [1.165, 1.54) is 4.90 Å². The summed E-state index contributed by atoms with van der Waals surface area (Å²) < 4.78 is 27.9. The van der Waals surface area contributed by atoms with Crippen LogP contribution in [0.3, 0.4) is 0 Å². The fourth-order valence-corrected chi connectivity index (χ4v) is 5.38. The topological polar surface area (TPSA) is 86.8 Å². The highest BCUT2D eigenvalue weighted by Crippen LogP contribution is 2.23. The Morgan fingerprint density at radius 1 is 0.925 bits per heavy atom. The van der Waals surface area contributed by atoms with Gasteiger partial charge in [-0.05, 0) is 73.7 Å². The van der Waals surface area contributed by atoms with Crippen molar-refractivity contribution >= 4 is 43.5 Å². The largest absolute Gasteiger partial charge is 0.352 e. The van der Waals surface area contributed by atoms with Crippen LogP contribution < -0.4 is 9.62 Å². The highest BCUT2D eigenvalue weighted by molar-refractivity contribution is 9.10. The summed E-state index contributed by atoms with van der Waals surface area (Å²) in [4.78, 5) is 29.3. The van der Waals surface area contributed by atoms with Gasteiger partial charge in [0.05, 0.1) is 11.9 Å². The van der Waals surface area contributed by atoms with Crippen LogP contribution in [0, 0.1) is 13.8 Å². The Labute approximate surface area is 246 Å². The third-order valence-corrected chi connectivity index (χ3v) is 8.67. The third-order valence-electron chi connectivity index (χ3n) is 7.00. The monoisotopic (exact) mass is 627 g/mol. The molecule has 0 saturated heterocycles. The van der Waals surface area contributed by atoms with Gasteiger partial charge in [-0.2, -0.15) is 0 Å². The standard InChI is InChI=1S/C31H38BrN3O4S/c1-6-24(4)33-31(37)29(19-25-10-8-7-9-11-25)34(20-26-13-15-27(32)16-14-26)30(36)21-35(40(5,38)39)28-17-12-22(2)23(3)18-28/h7-18,24,29H,6,19-21H2,1-5H3,(H,33,37)/t24-,29+/m1/s1. The average molecular weight is 629 g/mol. The number of hydrogen-bond donors (Lipinski definition) is 1. The second kappa shape index (κ2) is 13.9. The van der Waals surface area contributed by atoms with E-state index in [1.54, 1.807) is 12.1 Å². The van der Waals surface area contributed by atoms with Gasteiger partial charge in [0.1, 0.15) is 12.6 Å². The highest BCUT2D eigenvalue weighted by Gasteiger charge is 2.33. The molecule has 3 rings (SSSR count). The van der Waals surface area contributed by atoms with E-state index in [0.717, 1.165) is 43.7 Å². The maximum absolute atomic E-state index is 14.1. The van der Waals surface area contributed by atoms with Crippen molar-refractivity contribution in [2.45, 2.75) is 59.2 Å². The zero-order valence-electron chi connectivity index (χ0n) is 23.7. The number of anilines is 1. The quantitative estimate of drug-likeness (QED) is 0.292. The molecule has 2 atom stereocenters. The highest BCUT2D eigenvalue weighted by atomic mass is 79.9. The van der Waals surface area contributed by atoms with E-state index >= 15 is 0 Å². The van der Waals surface area contributed by atoms with Crippen LogP contribution in [0.25, 0.3) is 0 Å². The van der Waals surface area contributed by atoms with E-state index in [2.05, 4.69) is 21.2 Å². The van der Waals surface area contributed by atoms with Crippen molar-refractivity contribution in [3.05, 3.63) is 99.5 Å². The lowest BCUT2D eigenvalue weighted by Crippen LogP contribution is -2.54. The Morgan fingerprint density at radius 3 is 2.15 bits per heavy atom. The lowest BCUT2D eigenvalue weighted by molar-refractivity contribution is -0.140. The summed E-state index contributed by atoms with van der Waals surface area (Å²) in [6.07, 6.45) is 2.11. The fourth-order valence-electron chi connectivity index (χ4n) is 4.28. The summed E-state index contributed by atoms with van der Waals surface area (Å²) in [5.74, 6) is -0.743. The summed E-state index contributed by atoms with van der Waals surface area (Å²) in [6.45, 7) is 7.45. The molecule has 2 amide bonds. The van der Waals surface area contributed by atoms with Crippen LogP contribution in [0.2, 0.25) is 0 Å². The van der Waals surface area contributed by atoms with Crippen LogP contribution in [0.15, 0.2) is 77.3 Å². The minimum Gasteiger partial charge on any atom is -0.352 e. The molecule has 7 nitrogen and oxygen atoms in total. The lowest BCUT2D eigenvalue weighted by atomic mass is 10.0. The first kappa shape index (κ1) is 31.4. The first-order chi connectivity index (χ1) is 18.9. The molecular formula is C31H38BrN3O4S. The molecule has 0 aliphatic heterocycles. The van der Waals surface area contributed by atoms with Crippen LogP contribution in [0.5, 0.6) is 0 Å². The summed E-state index contributed by atoms with van der Waals surface area (Å²) >= 11 is 3.45. The Hall–Kier alpha value is -3.17. The van der Waals surface area contributed by atoms with Crippen LogP contribution in [0.4, 0.5) is 5.69 Å². The summed E-state index contributed by atoms with van der Waals surface area (Å²) in [5.41, 5.74) is 4.06. The molecule has 1 N–H and O–H groups in total. The van der Waals surface area contributed by atoms with E-state index in [-0.39, 0.29) is 24.9 Å². The van der Waals surface area contributed by atoms with E-state index in [1.807, 2.05) is 88.4 Å². The zero-order valence-corrected chi connectivity index (χ0v) is 26.1. The SMILES string of the molecule is CC[C@@H](C)NC(=O)[C@H](Cc1ccccc1)N(Cc1ccc(Br)cc1)C(=O)CN(c1ccc(C)c(C)c1)S(C)(=O)=O. The van der Waals surface area contributed by atoms with E-state index in [0.29, 0.717) is 5.69 Å². The van der Waals surface area contributed by atoms with Gasteiger partial charge in [-0.25, -0.2) is 8.42 Å². The Balaban J connectivity index is 2.06. The van der Waals surface area contributed by atoms with E-state index in [4.69, 9.17) is 0 Å². The number of carbonyl (C=O) groups excluding carboxylic acids is 2. The van der Waals surface area contributed by atoms with Gasteiger partial charge < -0.3 is 10.2 Å². The molecule has 0 aliphatic rings. The maximum atomic E-state index is 14.1. The molecule has 0 unspecified atom stereocenters. The molecule has 3 aromatic rings. The molecule has 0 aliphatic carbocycles. The fraction of sp³-hybridized carbons (Fsp3) is 0.355. The molecule has 3 aromatic carbocycles. The Morgan fingerprint density at radius 2 is 1.57 bits per heavy atom. The number of rotatable bonds is 12. The van der Waals surface area contributed by atoms with Gasteiger partial charge in [0, 0.05) is 23.5 Å². The summed E-state index contributed by atoms with van der Waals surface area (Å²) in [7, 11) is -3.80. The van der Waals surface area contributed by atoms with Gasteiger partial charge in [0.2, 0.25) is 21.8 Å². The van der Waals surface area contributed by atoms with Gasteiger partial charge in [-0.3, -0.25) is 13.9 Å². The smallest absolute Gasteiger partial charge is 0.244 e. The molecule has 0 heterocycles. The number of hydrogen-bond acceptors (Lipinski definition) is 4. The number of carbonyl (C=O) groups is 2. The van der Waals surface area contributed by atoms with Gasteiger partial charge in [-0.15, -0.1) is 0 Å². The second-order valence-corrected chi connectivity index (χ2v) is 13.0. The molecule has 9 heteroatoms. The molecule has 0 aromatic heterocycles. The molecule has 214 valence electrons. The number of nitrogens with one attached hydrogen (secondary N) is 1. The van der Waals surface area contributed by atoms with Crippen LogP contribution >= 0.6 is 15.9 Å². The molecule has 0 radical (unpaired) electrons. The molecule has 0 bridgehead atoms. The van der Waals surface area contributed by atoms with Crippen LogP contribution in [0.1, 0.15) is 42.5 Å². The van der Waals surface area contributed by atoms with Gasteiger partial charge >= 0.3 is 0 Å². The number of sulfonamides is 1.